The zero-order valence-corrected chi connectivity index (χ0v) is 11.6. The van der Waals surface area contributed by atoms with E-state index in [2.05, 4.69) is 17.2 Å². The minimum atomic E-state index is -0.693. The second kappa shape index (κ2) is 5.84. The van der Waals surface area contributed by atoms with E-state index in [1.807, 2.05) is 43.3 Å². The van der Waals surface area contributed by atoms with Crippen molar-refractivity contribution in [2.45, 2.75) is 26.0 Å². The Hall–Kier alpha value is -1.88. The molecule has 1 atom stereocenters. The smallest absolute Gasteiger partial charge is 0.122 e. The summed E-state index contributed by atoms with van der Waals surface area (Å²) in [6.07, 6.45) is 1.89. The minimum Gasteiger partial charge on any atom is -0.382 e. The first-order valence-electron chi connectivity index (χ1n) is 6.47. The van der Waals surface area contributed by atoms with Crippen molar-refractivity contribution in [3.05, 3.63) is 41.7 Å². The average molecular weight is 260 g/mol. The molecule has 1 aromatic heterocycles. The van der Waals surface area contributed by atoms with Gasteiger partial charge in [-0.3, -0.25) is 0 Å². The minimum absolute atomic E-state index is 0.693. The largest absolute Gasteiger partial charge is 0.382 e. The van der Waals surface area contributed by atoms with E-state index in [1.165, 1.54) is 0 Å². The molecule has 0 aliphatic rings. The molecule has 0 spiro atoms. The van der Waals surface area contributed by atoms with E-state index in [0.717, 1.165) is 29.9 Å². The van der Waals surface area contributed by atoms with E-state index in [4.69, 9.17) is 0 Å². The van der Waals surface area contributed by atoms with Crippen molar-refractivity contribution in [1.82, 2.24) is 15.0 Å². The SMILES string of the molecule is CCCn1nncc1C(O)c1cccc(N(C)C)c1. The molecule has 1 aromatic carbocycles. The van der Waals surface area contributed by atoms with E-state index in [9.17, 15) is 5.11 Å². The van der Waals surface area contributed by atoms with Crippen molar-refractivity contribution in [2.24, 2.45) is 0 Å². The molecule has 0 bridgehead atoms. The Morgan fingerprint density at radius 3 is 2.84 bits per heavy atom. The molecule has 1 unspecified atom stereocenters. The van der Waals surface area contributed by atoms with Crippen LogP contribution in [0.3, 0.4) is 0 Å². The van der Waals surface area contributed by atoms with Crippen LogP contribution < -0.4 is 4.90 Å². The number of anilines is 1. The van der Waals surface area contributed by atoms with Crippen molar-refractivity contribution in [3.63, 3.8) is 0 Å². The third-order valence-corrected chi connectivity index (χ3v) is 3.07. The second-order valence-corrected chi connectivity index (χ2v) is 4.77. The number of benzene rings is 1. The first-order valence-corrected chi connectivity index (χ1v) is 6.47. The van der Waals surface area contributed by atoms with Gasteiger partial charge in [0.2, 0.25) is 0 Å². The number of hydrogen-bond acceptors (Lipinski definition) is 4. The Morgan fingerprint density at radius 1 is 1.37 bits per heavy atom. The predicted molar refractivity (Wildman–Crippen MR) is 75.1 cm³/mol. The highest BCUT2D eigenvalue weighted by atomic mass is 16.3. The molecule has 0 fully saturated rings. The van der Waals surface area contributed by atoms with Gasteiger partial charge in [-0.25, -0.2) is 4.68 Å². The summed E-state index contributed by atoms with van der Waals surface area (Å²) in [6, 6.07) is 7.86. The third-order valence-electron chi connectivity index (χ3n) is 3.07. The van der Waals surface area contributed by atoms with Crippen LogP contribution in [0.1, 0.15) is 30.7 Å². The molecule has 19 heavy (non-hydrogen) atoms. The summed E-state index contributed by atoms with van der Waals surface area (Å²) in [5.41, 5.74) is 2.65. The second-order valence-electron chi connectivity index (χ2n) is 4.77. The Labute approximate surface area is 113 Å². The van der Waals surface area contributed by atoms with Crippen molar-refractivity contribution in [2.75, 3.05) is 19.0 Å². The Bertz CT molecular complexity index is 536. The highest BCUT2D eigenvalue weighted by Crippen LogP contribution is 2.24. The van der Waals surface area contributed by atoms with Crippen LogP contribution in [0.2, 0.25) is 0 Å². The number of aromatic nitrogens is 3. The lowest BCUT2D eigenvalue weighted by molar-refractivity contribution is 0.207. The van der Waals surface area contributed by atoms with Gasteiger partial charge in [0.15, 0.2) is 0 Å². The number of hydrogen-bond donors (Lipinski definition) is 1. The van der Waals surface area contributed by atoms with Crippen LogP contribution in [0.5, 0.6) is 0 Å². The van der Waals surface area contributed by atoms with Crippen LogP contribution in [0.25, 0.3) is 0 Å². The van der Waals surface area contributed by atoms with E-state index in [1.54, 1.807) is 10.9 Å². The van der Waals surface area contributed by atoms with Gasteiger partial charge < -0.3 is 10.0 Å². The predicted octanol–water partition coefficient (Wildman–Crippen LogP) is 1.84. The summed E-state index contributed by atoms with van der Waals surface area (Å²) in [7, 11) is 3.96. The lowest BCUT2D eigenvalue weighted by Gasteiger charge is -2.16. The van der Waals surface area contributed by atoms with Gasteiger partial charge in [0.25, 0.3) is 0 Å². The van der Waals surface area contributed by atoms with E-state index in [-0.39, 0.29) is 0 Å². The first-order chi connectivity index (χ1) is 9.13. The summed E-state index contributed by atoms with van der Waals surface area (Å²) in [5.74, 6) is 0. The fraction of sp³-hybridized carbons (Fsp3) is 0.429. The Kier molecular flexibility index (Phi) is 4.16. The molecule has 5 heteroatoms. The molecule has 102 valence electrons. The first kappa shape index (κ1) is 13.5. The maximum atomic E-state index is 10.5. The van der Waals surface area contributed by atoms with Crippen LogP contribution in [-0.2, 0) is 6.54 Å². The highest BCUT2D eigenvalue weighted by molar-refractivity contribution is 5.48. The van der Waals surface area contributed by atoms with Gasteiger partial charge in [0.1, 0.15) is 6.10 Å². The molecular formula is C14H20N4O. The van der Waals surface area contributed by atoms with Gasteiger partial charge in [-0.2, -0.15) is 0 Å². The molecular weight excluding hydrogens is 240 g/mol. The Balaban J connectivity index is 2.30. The van der Waals surface area contributed by atoms with Crippen LogP contribution in [0.15, 0.2) is 30.5 Å². The van der Waals surface area contributed by atoms with Crippen LogP contribution in [-0.4, -0.2) is 34.2 Å². The van der Waals surface area contributed by atoms with Gasteiger partial charge in [0, 0.05) is 26.3 Å². The van der Waals surface area contributed by atoms with Crippen LogP contribution in [0, 0.1) is 0 Å². The number of aryl methyl sites for hydroxylation is 1. The zero-order chi connectivity index (χ0) is 13.8. The van der Waals surface area contributed by atoms with E-state index >= 15 is 0 Å². The number of nitrogens with zero attached hydrogens (tertiary/aromatic N) is 4. The lowest BCUT2D eigenvalue weighted by Crippen LogP contribution is -2.12. The van der Waals surface area contributed by atoms with Gasteiger partial charge in [-0.15, -0.1) is 5.10 Å². The Morgan fingerprint density at radius 2 is 2.16 bits per heavy atom. The molecule has 5 nitrogen and oxygen atoms in total. The molecule has 0 saturated carbocycles. The molecule has 0 aliphatic carbocycles. The lowest BCUT2D eigenvalue weighted by atomic mass is 10.1. The quantitative estimate of drug-likeness (QED) is 0.891. The van der Waals surface area contributed by atoms with E-state index in [0.29, 0.717) is 0 Å². The molecule has 2 aromatic rings. The molecule has 0 saturated heterocycles. The summed E-state index contributed by atoms with van der Waals surface area (Å²) in [4.78, 5) is 2.01. The van der Waals surface area contributed by atoms with Crippen molar-refractivity contribution in [3.8, 4) is 0 Å². The number of aliphatic hydroxyl groups excluding tert-OH is 1. The van der Waals surface area contributed by atoms with Crippen molar-refractivity contribution >= 4 is 5.69 Å². The van der Waals surface area contributed by atoms with Gasteiger partial charge in [-0.05, 0) is 24.1 Å². The summed E-state index contributed by atoms with van der Waals surface area (Å²) >= 11 is 0. The topological polar surface area (TPSA) is 54.2 Å². The van der Waals surface area contributed by atoms with Crippen LogP contribution in [0.4, 0.5) is 5.69 Å². The van der Waals surface area contributed by atoms with Gasteiger partial charge in [0.05, 0.1) is 11.9 Å². The maximum absolute atomic E-state index is 10.5. The molecule has 0 aliphatic heterocycles. The average Bonchev–Trinajstić information content (AvgIpc) is 2.86. The summed E-state index contributed by atoms with van der Waals surface area (Å²) < 4.78 is 1.76. The van der Waals surface area contributed by atoms with Gasteiger partial charge in [-0.1, -0.05) is 24.3 Å². The maximum Gasteiger partial charge on any atom is 0.122 e. The molecule has 1 N–H and O–H groups in total. The standard InChI is InChI=1S/C14H20N4O/c1-4-8-18-13(10-15-16-18)14(19)11-6-5-7-12(9-11)17(2)3/h5-7,9-10,14,19H,4,8H2,1-3H3. The van der Waals surface area contributed by atoms with E-state index < -0.39 is 6.10 Å². The van der Waals surface area contributed by atoms with Crippen molar-refractivity contribution in [1.29, 1.82) is 0 Å². The molecule has 2 rings (SSSR count). The van der Waals surface area contributed by atoms with Crippen molar-refractivity contribution < 1.29 is 5.11 Å². The molecule has 0 amide bonds. The zero-order valence-electron chi connectivity index (χ0n) is 11.6. The van der Waals surface area contributed by atoms with Gasteiger partial charge >= 0.3 is 0 Å². The fourth-order valence-corrected chi connectivity index (χ4v) is 2.01. The normalized spacial score (nSPS) is 12.4. The summed E-state index contributed by atoms with van der Waals surface area (Å²) in [5, 5.41) is 18.4. The third kappa shape index (κ3) is 2.93. The number of rotatable bonds is 5. The molecule has 0 radical (unpaired) electrons. The summed E-state index contributed by atoms with van der Waals surface area (Å²) in [6.45, 7) is 2.84. The molecule has 1 heterocycles. The number of aliphatic hydroxyl groups is 1. The van der Waals surface area contributed by atoms with Crippen LogP contribution >= 0.6 is 0 Å². The monoisotopic (exact) mass is 260 g/mol. The fourth-order valence-electron chi connectivity index (χ4n) is 2.01. The highest BCUT2D eigenvalue weighted by Gasteiger charge is 2.16.